The van der Waals surface area contributed by atoms with E-state index in [0.717, 1.165) is 51.1 Å². The molecule has 1 aromatic rings. The number of carbonyl (C=O) groups is 1. The maximum atomic E-state index is 12.7. The van der Waals surface area contributed by atoms with Crippen LogP contribution in [0.3, 0.4) is 0 Å². The Morgan fingerprint density at radius 1 is 1.36 bits per heavy atom. The van der Waals surface area contributed by atoms with E-state index in [-0.39, 0.29) is 41.1 Å². The number of rotatable bonds is 5. The van der Waals surface area contributed by atoms with Gasteiger partial charge in [0.05, 0.1) is 6.10 Å². The lowest BCUT2D eigenvalue weighted by Crippen LogP contribution is -2.66. The van der Waals surface area contributed by atoms with Crippen LogP contribution in [-0.2, 0) is 14.3 Å². The first kappa shape index (κ1) is 16.9. The molecular weight excluding hydrogens is 318 g/mol. The van der Waals surface area contributed by atoms with Crippen LogP contribution in [0, 0.1) is 11.3 Å². The first-order valence-corrected chi connectivity index (χ1v) is 9.42. The van der Waals surface area contributed by atoms with Gasteiger partial charge in [0.1, 0.15) is 5.75 Å². The fourth-order valence-corrected chi connectivity index (χ4v) is 4.69. The smallest absolute Gasteiger partial charge is 0.223 e. The normalized spacial score (nSPS) is 32.8. The SMILES string of the molecule is CCO[C@@H]1C[C@H](NC(=O)[C@H]2C[C@@H]2c2cccc(O)c2)C12CCOCC2. The Bertz CT molecular complexity index is 640. The zero-order chi connectivity index (χ0) is 17.4. The van der Waals surface area contributed by atoms with Gasteiger partial charge in [0.2, 0.25) is 5.91 Å². The van der Waals surface area contributed by atoms with Crippen molar-refractivity contribution in [1.82, 2.24) is 5.32 Å². The number of hydrogen-bond acceptors (Lipinski definition) is 4. The van der Waals surface area contributed by atoms with E-state index in [1.165, 1.54) is 0 Å². The topological polar surface area (TPSA) is 67.8 Å². The maximum absolute atomic E-state index is 12.7. The molecule has 1 saturated heterocycles. The predicted molar refractivity (Wildman–Crippen MR) is 93.4 cm³/mol. The molecule has 0 radical (unpaired) electrons. The second-order valence-electron chi connectivity index (χ2n) is 7.63. The summed E-state index contributed by atoms with van der Waals surface area (Å²) in [6.07, 6.45) is 3.94. The third-order valence-electron chi connectivity index (χ3n) is 6.32. The van der Waals surface area contributed by atoms with Crippen molar-refractivity contribution in [2.75, 3.05) is 19.8 Å². The average Bonchev–Trinajstić information content (AvgIpc) is 3.42. The van der Waals surface area contributed by atoms with Crippen molar-refractivity contribution in [3.05, 3.63) is 29.8 Å². The monoisotopic (exact) mass is 345 g/mol. The number of benzene rings is 1. The molecule has 136 valence electrons. The van der Waals surface area contributed by atoms with Crippen molar-refractivity contribution in [2.45, 2.75) is 50.7 Å². The molecule has 5 heteroatoms. The molecule has 1 aromatic carbocycles. The first-order valence-electron chi connectivity index (χ1n) is 9.42. The highest BCUT2D eigenvalue weighted by atomic mass is 16.5. The zero-order valence-corrected chi connectivity index (χ0v) is 14.7. The van der Waals surface area contributed by atoms with E-state index in [1.54, 1.807) is 12.1 Å². The minimum atomic E-state index is 0.0323. The number of phenolic OH excluding ortho intramolecular Hbond substituents is 1. The van der Waals surface area contributed by atoms with Gasteiger partial charge in [-0.3, -0.25) is 4.79 Å². The number of aromatic hydroxyl groups is 1. The summed E-state index contributed by atoms with van der Waals surface area (Å²) in [4.78, 5) is 12.7. The number of carbonyl (C=O) groups excluding carboxylic acids is 1. The van der Waals surface area contributed by atoms with Crippen molar-refractivity contribution in [3.8, 4) is 5.75 Å². The second-order valence-corrected chi connectivity index (χ2v) is 7.63. The van der Waals surface area contributed by atoms with E-state index in [0.29, 0.717) is 0 Å². The molecule has 2 saturated carbocycles. The van der Waals surface area contributed by atoms with Gasteiger partial charge in [-0.15, -0.1) is 0 Å². The average molecular weight is 345 g/mol. The van der Waals surface area contributed by atoms with Gasteiger partial charge in [0.25, 0.3) is 0 Å². The Hall–Kier alpha value is -1.59. The highest BCUT2D eigenvalue weighted by molar-refractivity contribution is 5.83. The quantitative estimate of drug-likeness (QED) is 0.861. The zero-order valence-electron chi connectivity index (χ0n) is 14.7. The molecule has 25 heavy (non-hydrogen) atoms. The lowest BCUT2D eigenvalue weighted by Gasteiger charge is -2.57. The van der Waals surface area contributed by atoms with Gasteiger partial charge in [-0.05, 0) is 56.2 Å². The minimum absolute atomic E-state index is 0.0323. The van der Waals surface area contributed by atoms with Crippen molar-refractivity contribution in [3.63, 3.8) is 0 Å². The maximum Gasteiger partial charge on any atom is 0.223 e. The van der Waals surface area contributed by atoms with Gasteiger partial charge >= 0.3 is 0 Å². The summed E-state index contributed by atoms with van der Waals surface area (Å²) in [5.41, 5.74) is 1.11. The summed E-state index contributed by atoms with van der Waals surface area (Å²) >= 11 is 0. The van der Waals surface area contributed by atoms with Crippen molar-refractivity contribution in [1.29, 1.82) is 0 Å². The molecular formula is C20H27NO4. The Balaban J connectivity index is 1.38. The van der Waals surface area contributed by atoms with E-state index in [2.05, 4.69) is 5.32 Å². The van der Waals surface area contributed by atoms with Gasteiger partial charge in [0.15, 0.2) is 0 Å². The highest BCUT2D eigenvalue weighted by Crippen LogP contribution is 2.52. The van der Waals surface area contributed by atoms with Crippen molar-refractivity contribution < 1.29 is 19.4 Å². The summed E-state index contributed by atoms with van der Waals surface area (Å²) in [5.74, 6) is 0.688. The molecule has 5 nitrogen and oxygen atoms in total. The van der Waals surface area contributed by atoms with Crippen LogP contribution in [0.15, 0.2) is 24.3 Å². The van der Waals surface area contributed by atoms with Crippen LogP contribution >= 0.6 is 0 Å². The molecule has 3 fully saturated rings. The summed E-state index contributed by atoms with van der Waals surface area (Å²) in [6, 6.07) is 7.47. The number of hydrogen-bond donors (Lipinski definition) is 2. The van der Waals surface area contributed by atoms with Crippen LogP contribution in [0.1, 0.15) is 44.1 Å². The van der Waals surface area contributed by atoms with Crippen LogP contribution in [0.5, 0.6) is 5.75 Å². The largest absolute Gasteiger partial charge is 0.508 e. The van der Waals surface area contributed by atoms with E-state index in [4.69, 9.17) is 9.47 Å². The fraction of sp³-hybridized carbons (Fsp3) is 0.650. The number of amides is 1. The van der Waals surface area contributed by atoms with Gasteiger partial charge in [-0.1, -0.05) is 12.1 Å². The Morgan fingerprint density at radius 2 is 2.16 bits per heavy atom. The molecule has 2 N–H and O–H groups in total. The molecule has 1 aliphatic heterocycles. The van der Waals surface area contributed by atoms with Gasteiger partial charge < -0.3 is 19.9 Å². The van der Waals surface area contributed by atoms with Crippen LogP contribution in [-0.4, -0.2) is 43.0 Å². The Kier molecular flexibility index (Phi) is 4.46. The number of ether oxygens (including phenoxy) is 2. The van der Waals surface area contributed by atoms with Gasteiger partial charge in [-0.2, -0.15) is 0 Å². The highest BCUT2D eigenvalue weighted by Gasteiger charge is 2.57. The molecule has 1 amide bonds. The summed E-state index contributed by atoms with van der Waals surface area (Å²) in [5, 5.41) is 12.9. The van der Waals surface area contributed by atoms with Crippen LogP contribution in [0.2, 0.25) is 0 Å². The van der Waals surface area contributed by atoms with Gasteiger partial charge in [0, 0.05) is 37.2 Å². The summed E-state index contributed by atoms with van der Waals surface area (Å²) in [6.45, 7) is 4.26. The number of phenols is 1. The Labute approximate surface area is 148 Å². The molecule has 0 bridgehead atoms. The summed E-state index contributed by atoms with van der Waals surface area (Å²) in [7, 11) is 0. The third-order valence-corrected chi connectivity index (χ3v) is 6.32. The predicted octanol–water partition coefficient (Wildman–Crippen LogP) is 2.59. The molecule has 1 heterocycles. The van der Waals surface area contributed by atoms with Crippen LogP contribution in [0.4, 0.5) is 0 Å². The Morgan fingerprint density at radius 3 is 2.88 bits per heavy atom. The number of nitrogens with one attached hydrogen (secondary N) is 1. The lowest BCUT2D eigenvalue weighted by atomic mass is 9.57. The molecule has 4 rings (SSSR count). The molecule has 3 aliphatic rings. The molecule has 1 spiro atoms. The lowest BCUT2D eigenvalue weighted by molar-refractivity contribution is -0.176. The third kappa shape index (κ3) is 3.04. The molecule has 4 atom stereocenters. The van der Waals surface area contributed by atoms with E-state index in [1.807, 2.05) is 19.1 Å². The van der Waals surface area contributed by atoms with E-state index in [9.17, 15) is 9.90 Å². The van der Waals surface area contributed by atoms with Crippen LogP contribution < -0.4 is 5.32 Å². The van der Waals surface area contributed by atoms with E-state index >= 15 is 0 Å². The first-order chi connectivity index (χ1) is 12.1. The standard InChI is InChI=1S/C20H27NO4/c1-2-25-18-12-17(20(18)6-8-24-9-7-20)21-19(23)16-11-15(16)13-4-3-5-14(22)10-13/h3-5,10,15-18,22H,2,6-9,11-12H2,1H3,(H,21,23)/t15-,16+,17+,18-/m1/s1. The van der Waals surface area contributed by atoms with Crippen molar-refractivity contribution in [2.24, 2.45) is 11.3 Å². The summed E-state index contributed by atoms with van der Waals surface area (Å²) < 4.78 is 11.5. The second kappa shape index (κ2) is 6.61. The van der Waals surface area contributed by atoms with E-state index < -0.39 is 0 Å². The van der Waals surface area contributed by atoms with Gasteiger partial charge in [-0.25, -0.2) is 0 Å². The fourth-order valence-electron chi connectivity index (χ4n) is 4.69. The van der Waals surface area contributed by atoms with Crippen molar-refractivity contribution >= 4 is 5.91 Å². The molecule has 0 aromatic heterocycles. The molecule has 0 unspecified atom stereocenters. The van der Waals surface area contributed by atoms with Crippen LogP contribution in [0.25, 0.3) is 0 Å². The molecule has 2 aliphatic carbocycles. The minimum Gasteiger partial charge on any atom is -0.508 e.